The highest BCUT2D eigenvalue weighted by atomic mass is 16.1. The fourth-order valence-corrected chi connectivity index (χ4v) is 2.27. The molecule has 96 valence electrons. The first-order chi connectivity index (χ1) is 7.74. The predicted octanol–water partition coefficient (Wildman–Crippen LogP) is 4.99. The van der Waals surface area contributed by atoms with Crippen LogP contribution in [0.3, 0.4) is 0 Å². The predicted molar refractivity (Wildman–Crippen MR) is 71.6 cm³/mol. The Morgan fingerprint density at radius 1 is 1.00 bits per heavy atom. The number of carbonyl (C=O) groups is 1. The van der Waals surface area contributed by atoms with Gasteiger partial charge in [-0.1, -0.05) is 72.1 Å². The molecule has 0 spiro atoms. The molecule has 0 saturated heterocycles. The molecule has 0 bridgehead atoms. The van der Waals surface area contributed by atoms with Crippen LogP contribution in [0.25, 0.3) is 0 Å². The zero-order chi connectivity index (χ0) is 12.2. The van der Waals surface area contributed by atoms with E-state index < -0.39 is 0 Å². The highest BCUT2D eigenvalue weighted by Crippen LogP contribution is 2.20. The Morgan fingerprint density at radius 3 is 2.25 bits per heavy atom. The van der Waals surface area contributed by atoms with Crippen LogP contribution in [0.4, 0.5) is 0 Å². The summed E-state index contributed by atoms with van der Waals surface area (Å²) in [5, 5.41) is 0. The van der Waals surface area contributed by atoms with E-state index in [0.29, 0.717) is 5.92 Å². The minimum Gasteiger partial charge on any atom is -0.303 e. The van der Waals surface area contributed by atoms with Crippen molar-refractivity contribution in [1.29, 1.82) is 0 Å². The van der Waals surface area contributed by atoms with Crippen LogP contribution in [0, 0.1) is 11.8 Å². The van der Waals surface area contributed by atoms with Gasteiger partial charge in [0.25, 0.3) is 0 Å². The van der Waals surface area contributed by atoms with Gasteiger partial charge in [-0.15, -0.1) is 0 Å². The van der Waals surface area contributed by atoms with E-state index in [4.69, 9.17) is 0 Å². The second-order valence-corrected chi connectivity index (χ2v) is 5.21. The molecule has 0 radical (unpaired) electrons. The summed E-state index contributed by atoms with van der Waals surface area (Å²) in [4.78, 5) is 10.4. The molecule has 0 aromatic heterocycles. The van der Waals surface area contributed by atoms with Crippen LogP contribution < -0.4 is 0 Å². The van der Waals surface area contributed by atoms with Gasteiger partial charge in [-0.3, -0.25) is 0 Å². The molecule has 0 saturated carbocycles. The third-order valence-electron chi connectivity index (χ3n) is 3.62. The maximum atomic E-state index is 10.4. The van der Waals surface area contributed by atoms with Gasteiger partial charge in [0.05, 0.1) is 0 Å². The summed E-state index contributed by atoms with van der Waals surface area (Å²) in [5.41, 5.74) is 0. The van der Waals surface area contributed by atoms with E-state index in [1.165, 1.54) is 44.9 Å². The molecular formula is C15H30O. The van der Waals surface area contributed by atoms with Crippen molar-refractivity contribution in [1.82, 2.24) is 0 Å². The van der Waals surface area contributed by atoms with Gasteiger partial charge in [0.1, 0.15) is 6.29 Å². The van der Waals surface area contributed by atoms with Crippen LogP contribution in [0.15, 0.2) is 0 Å². The van der Waals surface area contributed by atoms with Gasteiger partial charge in [-0.25, -0.2) is 0 Å². The lowest BCUT2D eigenvalue weighted by Gasteiger charge is -2.14. The smallest absolute Gasteiger partial charge is 0.120 e. The van der Waals surface area contributed by atoms with E-state index in [9.17, 15) is 4.79 Å². The number of rotatable bonds is 11. The lowest BCUT2D eigenvalue weighted by atomic mass is 9.92. The third-order valence-corrected chi connectivity index (χ3v) is 3.62. The van der Waals surface area contributed by atoms with E-state index in [1.54, 1.807) is 0 Å². The number of carbonyl (C=O) groups excluding carboxylic acids is 1. The van der Waals surface area contributed by atoms with Crippen LogP contribution in [-0.4, -0.2) is 6.29 Å². The third kappa shape index (κ3) is 8.94. The summed E-state index contributed by atoms with van der Waals surface area (Å²) < 4.78 is 0. The largest absolute Gasteiger partial charge is 0.303 e. The number of hydrogen-bond acceptors (Lipinski definition) is 1. The number of unbranched alkanes of at least 4 members (excludes halogenated alkanes) is 2. The molecule has 0 fully saturated rings. The van der Waals surface area contributed by atoms with Gasteiger partial charge >= 0.3 is 0 Å². The summed E-state index contributed by atoms with van der Waals surface area (Å²) in [6, 6.07) is 0. The summed E-state index contributed by atoms with van der Waals surface area (Å²) in [6.45, 7) is 6.82. The van der Waals surface area contributed by atoms with Crippen molar-refractivity contribution in [2.24, 2.45) is 11.8 Å². The topological polar surface area (TPSA) is 17.1 Å². The lowest BCUT2D eigenvalue weighted by Crippen LogP contribution is -2.02. The maximum absolute atomic E-state index is 10.4. The molecule has 2 unspecified atom stereocenters. The fraction of sp³-hybridized carbons (Fsp3) is 0.933. The minimum atomic E-state index is 0.639. The monoisotopic (exact) mass is 226 g/mol. The van der Waals surface area contributed by atoms with Crippen molar-refractivity contribution in [3.05, 3.63) is 0 Å². The summed E-state index contributed by atoms with van der Waals surface area (Å²) in [6.07, 6.45) is 12.4. The van der Waals surface area contributed by atoms with Gasteiger partial charge in [0, 0.05) is 6.42 Å². The van der Waals surface area contributed by atoms with Crippen molar-refractivity contribution in [3.8, 4) is 0 Å². The summed E-state index contributed by atoms with van der Waals surface area (Å²) >= 11 is 0. The van der Waals surface area contributed by atoms with E-state index in [1.807, 2.05) is 0 Å². The van der Waals surface area contributed by atoms with Crippen molar-refractivity contribution < 1.29 is 4.79 Å². The standard InChI is InChI=1S/C15H30O/c1-4-6-7-9-14(3)10-8-11-15(5-2)12-13-16/h13-15H,4-12H2,1-3H3. The molecule has 0 aromatic carbocycles. The second-order valence-electron chi connectivity index (χ2n) is 5.21. The van der Waals surface area contributed by atoms with Gasteiger partial charge in [-0.2, -0.15) is 0 Å². The molecule has 2 atom stereocenters. The summed E-state index contributed by atoms with van der Waals surface area (Å²) in [5.74, 6) is 1.51. The van der Waals surface area contributed by atoms with Crippen LogP contribution in [0.1, 0.15) is 78.6 Å². The Hall–Kier alpha value is -0.330. The van der Waals surface area contributed by atoms with Crippen LogP contribution in [0.5, 0.6) is 0 Å². The molecule has 1 nitrogen and oxygen atoms in total. The lowest BCUT2D eigenvalue weighted by molar-refractivity contribution is -0.108. The highest BCUT2D eigenvalue weighted by molar-refractivity contribution is 5.49. The van der Waals surface area contributed by atoms with Crippen molar-refractivity contribution in [3.63, 3.8) is 0 Å². The molecule has 16 heavy (non-hydrogen) atoms. The Bertz CT molecular complexity index is 154. The van der Waals surface area contributed by atoms with Crippen molar-refractivity contribution in [2.75, 3.05) is 0 Å². The second kappa shape index (κ2) is 11.2. The first kappa shape index (κ1) is 15.7. The highest BCUT2D eigenvalue weighted by Gasteiger charge is 2.07. The molecule has 0 aliphatic carbocycles. The fourth-order valence-electron chi connectivity index (χ4n) is 2.27. The van der Waals surface area contributed by atoms with Crippen molar-refractivity contribution >= 4 is 6.29 Å². The zero-order valence-corrected chi connectivity index (χ0v) is 11.5. The normalized spacial score (nSPS) is 14.7. The number of hydrogen-bond donors (Lipinski definition) is 0. The average molecular weight is 226 g/mol. The van der Waals surface area contributed by atoms with Crippen LogP contribution in [0.2, 0.25) is 0 Å². The molecule has 0 N–H and O–H groups in total. The number of aldehydes is 1. The quantitative estimate of drug-likeness (QED) is 0.358. The SMILES string of the molecule is CCCCCC(C)CCCC(CC)CC=O. The van der Waals surface area contributed by atoms with E-state index in [-0.39, 0.29) is 0 Å². The molecule has 0 rings (SSSR count). The minimum absolute atomic E-state index is 0.639. The first-order valence-electron chi connectivity index (χ1n) is 7.18. The van der Waals surface area contributed by atoms with E-state index >= 15 is 0 Å². The van der Waals surface area contributed by atoms with Crippen LogP contribution >= 0.6 is 0 Å². The van der Waals surface area contributed by atoms with Gasteiger partial charge in [0.15, 0.2) is 0 Å². The Kier molecular flexibility index (Phi) is 10.9. The molecular weight excluding hydrogens is 196 g/mol. The van der Waals surface area contributed by atoms with Gasteiger partial charge in [-0.05, 0) is 11.8 Å². The Morgan fingerprint density at radius 2 is 1.69 bits per heavy atom. The van der Waals surface area contributed by atoms with E-state index in [0.717, 1.165) is 25.0 Å². The Balaban J connectivity index is 3.43. The van der Waals surface area contributed by atoms with Crippen molar-refractivity contribution in [2.45, 2.75) is 78.6 Å². The zero-order valence-electron chi connectivity index (χ0n) is 11.5. The molecule has 0 amide bonds. The summed E-state index contributed by atoms with van der Waals surface area (Å²) in [7, 11) is 0. The van der Waals surface area contributed by atoms with Crippen LogP contribution in [-0.2, 0) is 4.79 Å². The van der Waals surface area contributed by atoms with Gasteiger partial charge in [0.2, 0.25) is 0 Å². The maximum Gasteiger partial charge on any atom is 0.120 e. The van der Waals surface area contributed by atoms with Gasteiger partial charge < -0.3 is 4.79 Å². The molecule has 0 aromatic rings. The molecule has 0 aliphatic heterocycles. The Labute approximate surface area is 102 Å². The molecule has 0 heterocycles. The first-order valence-corrected chi connectivity index (χ1v) is 7.18. The average Bonchev–Trinajstić information content (AvgIpc) is 2.28. The molecule has 0 aliphatic rings. The molecule has 1 heteroatoms. The van der Waals surface area contributed by atoms with E-state index in [2.05, 4.69) is 20.8 Å².